The maximum Gasteiger partial charge on any atom is 0.141 e. The van der Waals surface area contributed by atoms with Crippen LogP contribution in [-0.2, 0) is 5.54 Å². The molecule has 0 atom stereocenters. The van der Waals surface area contributed by atoms with Crippen molar-refractivity contribution in [1.82, 2.24) is 15.0 Å². The van der Waals surface area contributed by atoms with Crippen LogP contribution in [-0.4, -0.2) is 15.0 Å². The molecule has 1 aromatic heterocycles. The van der Waals surface area contributed by atoms with Gasteiger partial charge in [0.1, 0.15) is 10.1 Å². The van der Waals surface area contributed by atoms with Crippen molar-refractivity contribution in [3.05, 3.63) is 118 Å². The third-order valence-electron chi connectivity index (χ3n) is 4.40. The van der Waals surface area contributed by atoms with Crippen LogP contribution in [0.5, 0.6) is 0 Å². The van der Waals surface area contributed by atoms with Crippen molar-refractivity contribution in [2.75, 3.05) is 0 Å². The van der Waals surface area contributed by atoms with E-state index in [4.69, 9.17) is 0 Å². The highest BCUT2D eigenvalue weighted by Crippen LogP contribution is 2.41. The lowest BCUT2D eigenvalue weighted by Gasteiger charge is -2.36. The van der Waals surface area contributed by atoms with Gasteiger partial charge in [0.15, 0.2) is 0 Å². The molecule has 0 unspecified atom stereocenters. The number of hydrogen-bond donors (Lipinski definition) is 0. The second kappa shape index (κ2) is 6.65. The molecule has 3 aromatic carbocycles. The van der Waals surface area contributed by atoms with Gasteiger partial charge in [-0.1, -0.05) is 96.2 Å². The second-order valence-corrected chi connectivity index (χ2v) is 6.59. The summed E-state index contributed by atoms with van der Waals surface area (Å²) in [6.45, 7) is 0. The summed E-state index contributed by atoms with van der Waals surface area (Å²) in [4.78, 5) is 0. The highest BCUT2D eigenvalue weighted by Gasteiger charge is 2.40. The zero-order valence-corrected chi connectivity index (χ0v) is 15.0. The van der Waals surface area contributed by atoms with E-state index in [1.807, 2.05) is 22.9 Å². The minimum Gasteiger partial charge on any atom is -0.219 e. The molecule has 4 rings (SSSR count). The molecule has 0 aliphatic rings. The Morgan fingerprint density at radius 1 is 0.640 bits per heavy atom. The van der Waals surface area contributed by atoms with Crippen molar-refractivity contribution in [2.24, 2.45) is 0 Å². The highest BCUT2D eigenvalue weighted by atomic mass is 79.9. The average Bonchev–Trinajstić information content (AvgIpc) is 3.12. The number of benzene rings is 3. The lowest BCUT2D eigenvalue weighted by atomic mass is 9.77. The van der Waals surface area contributed by atoms with E-state index in [1.165, 1.54) is 0 Å². The summed E-state index contributed by atoms with van der Waals surface area (Å²) in [5, 5.41) is 8.57. The van der Waals surface area contributed by atoms with E-state index in [2.05, 4.69) is 99.0 Å². The summed E-state index contributed by atoms with van der Waals surface area (Å²) in [7, 11) is 0. The van der Waals surface area contributed by atoms with Crippen LogP contribution in [0.25, 0.3) is 0 Å². The van der Waals surface area contributed by atoms with Crippen LogP contribution in [0.4, 0.5) is 0 Å². The molecule has 1 heterocycles. The molecule has 0 spiro atoms. The number of halogens is 1. The summed E-state index contributed by atoms with van der Waals surface area (Å²) in [5.41, 5.74) is 2.76. The quantitative estimate of drug-likeness (QED) is 0.465. The Bertz CT molecular complexity index is 853. The topological polar surface area (TPSA) is 30.7 Å². The zero-order chi connectivity index (χ0) is 17.1. The predicted molar refractivity (Wildman–Crippen MR) is 102 cm³/mol. The first kappa shape index (κ1) is 15.8. The number of hydrogen-bond acceptors (Lipinski definition) is 2. The van der Waals surface area contributed by atoms with Crippen molar-refractivity contribution in [1.29, 1.82) is 0 Å². The third kappa shape index (κ3) is 2.59. The van der Waals surface area contributed by atoms with Gasteiger partial charge in [-0.3, -0.25) is 0 Å². The van der Waals surface area contributed by atoms with Crippen LogP contribution in [0.3, 0.4) is 0 Å². The first-order valence-electron chi connectivity index (χ1n) is 8.07. The Morgan fingerprint density at radius 3 is 1.36 bits per heavy atom. The monoisotopic (exact) mass is 389 g/mol. The largest absolute Gasteiger partial charge is 0.219 e. The van der Waals surface area contributed by atoms with Crippen molar-refractivity contribution in [3.8, 4) is 0 Å². The van der Waals surface area contributed by atoms with Gasteiger partial charge in [0, 0.05) is 0 Å². The molecule has 0 aliphatic carbocycles. The average molecular weight is 390 g/mol. The molecule has 4 heteroatoms. The number of rotatable bonds is 4. The van der Waals surface area contributed by atoms with Gasteiger partial charge in [0.05, 0.1) is 6.20 Å². The Hall–Kier alpha value is -2.72. The van der Waals surface area contributed by atoms with Gasteiger partial charge >= 0.3 is 0 Å². The van der Waals surface area contributed by atoms with Crippen LogP contribution in [0.1, 0.15) is 16.7 Å². The fourth-order valence-corrected chi connectivity index (χ4v) is 3.78. The van der Waals surface area contributed by atoms with Crippen LogP contribution in [0.2, 0.25) is 0 Å². The zero-order valence-electron chi connectivity index (χ0n) is 13.5. The number of aromatic nitrogens is 3. The van der Waals surface area contributed by atoms with Crippen molar-refractivity contribution in [2.45, 2.75) is 5.54 Å². The smallest absolute Gasteiger partial charge is 0.141 e. The number of nitrogens with zero attached hydrogens (tertiary/aromatic N) is 3. The molecule has 0 saturated heterocycles. The summed E-state index contributed by atoms with van der Waals surface area (Å²) in [6.07, 6.45) is 1.73. The van der Waals surface area contributed by atoms with Gasteiger partial charge in [-0.25, -0.2) is 4.68 Å². The molecule has 0 amide bonds. The van der Waals surface area contributed by atoms with E-state index < -0.39 is 5.54 Å². The Morgan fingerprint density at radius 2 is 1.04 bits per heavy atom. The molecular formula is C21H16BrN3. The molecule has 0 saturated carbocycles. The van der Waals surface area contributed by atoms with E-state index >= 15 is 0 Å². The molecular weight excluding hydrogens is 374 g/mol. The molecule has 0 fully saturated rings. The Balaban J connectivity index is 2.15. The lowest BCUT2D eigenvalue weighted by Crippen LogP contribution is -2.38. The van der Waals surface area contributed by atoms with Gasteiger partial charge in [-0.2, -0.15) is 0 Å². The molecule has 0 radical (unpaired) electrons. The van der Waals surface area contributed by atoms with Crippen LogP contribution < -0.4 is 0 Å². The van der Waals surface area contributed by atoms with E-state index in [0.29, 0.717) is 0 Å². The molecule has 3 nitrogen and oxygen atoms in total. The van der Waals surface area contributed by atoms with Crippen molar-refractivity contribution >= 4 is 15.9 Å². The van der Waals surface area contributed by atoms with Crippen molar-refractivity contribution in [3.63, 3.8) is 0 Å². The minimum absolute atomic E-state index is 0.612. The fourth-order valence-electron chi connectivity index (χ4n) is 3.35. The molecule has 25 heavy (non-hydrogen) atoms. The SMILES string of the molecule is Brc1cnnn1C(c1ccccc1)(c1ccccc1)c1ccccc1. The Kier molecular flexibility index (Phi) is 4.20. The second-order valence-electron chi connectivity index (χ2n) is 5.78. The fraction of sp³-hybridized carbons (Fsp3) is 0.0476. The maximum atomic E-state index is 4.44. The van der Waals surface area contributed by atoms with E-state index in [-0.39, 0.29) is 0 Å². The molecule has 0 N–H and O–H groups in total. The molecule has 0 bridgehead atoms. The molecule has 122 valence electrons. The van der Waals surface area contributed by atoms with Gasteiger partial charge in [0.2, 0.25) is 0 Å². The highest BCUT2D eigenvalue weighted by molar-refractivity contribution is 9.10. The summed E-state index contributed by atoms with van der Waals surface area (Å²) in [6, 6.07) is 31.2. The lowest BCUT2D eigenvalue weighted by molar-refractivity contribution is 0.438. The van der Waals surface area contributed by atoms with E-state index in [9.17, 15) is 0 Å². The van der Waals surface area contributed by atoms with E-state index in [0.717, 1.165) is 21.3 Å². The summed E-state index contributed by atoms with van der Waals surface area (Å²) >= 11 is 3.63. The first-order chi connectivity index (χ1) is 12.3. The van der Waals surface area contributed by atoms with Crippen LogP contribution in [0.15, 0.2) is 102 Å². The summed E-state index contributed by atoms with van der Waals surface area (Å²) < 4.78 is 2.76. The van der Waals surface area contributed by atoms with Crippen LogP contribution in [0, 0.1) is 0 Å². The minimum atomic E-state index is -0.612. The van der Waals surface area contributed by atoms with E-state index in [1.54, 1.807) is 6.20 Å². The first-order valence-corrected chi connectivity index (χ1v) is 8.86. The third-order valence-corrected chi connectivity index (χ3v) is 4.94. The maximum absolute atomic E-state index is 4.44. The van der Waals surface area contributed by atoms with Gasteiger partial charge < -0.3 is 0 Å². The van der Waals surface area contributed by atoms with Gasteiger partial charge in [-0.05, 0) is 32.6 Å². The Labute approximate surface area is 155 Å². The van der Waals surface area contributed by atoms with Crippen LogP contribution >= 0.6 is 15.9 Å². The van der Waals surface area contributed by atoms with Gasteiger partial charge in [-0.15, -0.1) is 5.10 Å². The molecule has 4 aromatic rings. The normalized spacial score (nSPS) is 11.4. The van der Waals surface area contributed by atoms with Crippen molar-refractivity contribution < 1.29 is 0 Å². The standard InChI is InChI=1S/C21H16BrN3/c22-20-16-23-24-25(20)21(17-10-4-1-5-11-17,18-12-6-2-7-13-18)19-14-8-3-9-15-19/h1-16H. The predicted octanol–water partition coefficient (Wildman–Crippen LogP) is 4.88. The van der Waals surface area contributed by atoms with Gasteiger partial charge in [0.25, 0.3) is 0 Å². The summed E-state index contributed by atoms with van der Waals surface area (Å²) in [5.74, 6) is 0. The molecule has 0 aliphatic heterocycles.